The first-order chi connectivity index (χ1) is 24.3. The van der Waals surface area contributed by atoms with Gasteiger partial charge in [-0.15, -0.1) is 0 Å². The molecule has 4 aromatic carbocycles. The molecule has 5 heterocycles. The molecular weight excluding hydrogens is 599 g/mol. The quantitative estimate of drug-likeness (QED) is 0.199. The van der Waals surface area contributed by atoms with Gasteiger partial charge in [0.2, 0.25) is 0 Å². The first-order valence-corrected chi connectivity index (χ1v) is 16.5. The van der Waals surface area contributed by atoms with Crippen LogP contribution >= 0.6 is 0 Å². The second kappa shape index (κ2) is 12.2. The number of fused-ring (bicyclic) bond motifs is 3. The molecule has 0 saturated heterocycles. The molecule has 1 atom stereocenters. The summed E-state index contributed by atoms with van der Waals surface area (Å²) in [6.07, 6.45) is 13.9. The lowest BCUT2D eigenvalue weighted by molar-refractivity contribution is 0.714. The van der Waals surface area contributed by atoms with Crippen LogP contribution in [0.3, 0.4) is 0 Å². The summed E-state index contributed by atoms with van der Waals surface area (Å²) in [6, 6.07) is 46.9. The molecule has 1 aliphatic rings. The summed E-state index contributed by atoms with van der Waals surface area (Å²) in [5.74, 6) is 0.974. The van der Waals surface area contributed by atoms with Crippen LogP contribution in [0, 0.1) is 0 Å². The predicted molar refractivity (Wildman–Crippen MR) is 200 cm³/mol. The van der Waals surface area contributed by atoms with Crippen LogP contribution in [0.15, 0.2) is 176 Å². The minimum atomic E-state index is -0.158. The molecule has 8 aromatic rings. The van der Waals surface area contributed by atoms with Gasteiger partial charge in [0.15, 0.2) is 0 Å². The van der Waals surface area contributed by atoms with Crippen molar-refractivity contribution in [3.05, 3.63) is 182 Å². The Labute approximate surface area is 284 Å². The molecule has 232 valence electrons. The maximum Gasteiger partial charge on any atom is 0.111 e. The van der Waals surface area contributed by atoms with E-state index in [1.165, 1.54) is 27.5 Å². The summed E-state index contributed by atoms with van der Waals surface area (Å²) >= 11 is 0. The maximum absolute atomic E-state index is 5.22. The second-order valence-electron chi connectivity index (χ2n) is 12.2. The molecule has 0 fully saturated rings. The van der Waals surface area contributed by atoms with Crippen LogP contribution < -0.4 is 5.32 Å². The van der Waals surface area contributed by atoms with E-state index in [4.69, 9.17) is 4.98 Å². The van der Waals surface area contributed by atoms with E-state index in [0.29, 0.717) is 0 Å². The number of hydrogen-bond donors (Lipinski definition) is 1. The fourth-order valence-electron chi connectivity index (χ4n) is 6.83. The zero-order valence-corrected chi connectivity index (χ0v) is 26.6. The van der Waals surface area contributed by atoms with Crippen LogP contribution in [0.1, 0.15) is 11.7 Å². The number of benzene rings is 4. The van der Waals surface area contributed by atoms with Gasteiger partial charge in [-0.2, -0.15) is 0 Å². The van der Waals surface area contributed by atoms with E-state index in [1.54, 1.807) is 6.20 Å². The van der Waals surface area contributed by atoms with Crippen LogP contribution in [-0.4, -0.2) is 19.5 Å². The molecule has 1 aliphatic heterocycles. The molecule has 1 unspecified atom stereocenters. The molecule has 1 N–H and O–H groups in total. The van der Waals surface area contributed by atoms with Gasteiger partial charge >= 0.3 is 0 Å². The summed E-state index contributed by atoms with van der Waals surface area (Å²) < 4.78 is 2.26. The van der Waals surface area contributed by atoms with E-state index in [9.17, 15) is 0 Å². The Hall–Kier alpha value is -6.59. The highest BCUT2D eigenvalue weighted by Gasteiger charge is 2.21. The third-order valence-electron chi connectivity index (χ3n) is 9.20. The molecule has 49 heavy (non-hydrogen) atoms. The zero-order chi connectivity index (χ0) is 32.6. The number of rotatable bonds is 6. The number of nitrogens with one attached hydrogen (secondary N) is 1. The van der Waals surface area contributed by atoms with Crippen LogP contribution in [0.2, 0.25) is 0 Å². The van der Waals surface area contributed by atoms with Gasteiger partial charge in [0.25, 0.3) is 0 Å². The highest BCUT2D eigenvalue weighted by Crippen LogP contribution is 2.35. The molecule has 5 nitrogen and oxygen atoms in total. The van der Waals surface area contributed by atoms with E-state index < -0.39 is 0 Å². The molecule has 4 aromatic heterocycles. The first-order valence-electron chi connectivity index (χ1n) is 16.5. The Morgan fingerprint density at radius 1 is 0.510 bits per heavy atom. The van der Waals surface area contributed by atoms with Crippen molar-refractivity contribution in [1.29, 1.82) is 0 Å². The van der Waals surface area contributed by atoms with Crippen molar-refractivity contribution in [1.82, 2.24) is 24.8 Å². The van der Waals surface area contributed by atoms with Crippen LogP contribution in [0.25, 0.3) is 72.3 Å². The van der Waals surface area contributed by atoms with Gasteiger partial charge in [-0.25, -0.2) is 0 Å². The van der Waals surface area contributed by atoms with Gasteiger partial charge in [0.05, 0.1) is 34.7 Å². The highest BCUT2D eigenvalue weighted by molar-refractivity contribution is 6.09. The topological polar surface area (TPSA) is 55.6 Å². The van der Waals surface area contributed by atoms with Gasteiger partial charge in [0.1, 0.15) is 5.82 Å². The third-order valence-corrected chi connectivity index (χ3v) is 9.20. The molecular formula is C44H31N5. The maximum atomic E-state index is 5.22. The lowest BCUT2D eigenvalue weighted by atomic mass is 9.95. The minimum absolute atomic E-state index is 0.158. The van der Waals surface area contributed by atoms with Gasteiger partial charge in [0, 0.05) is 34.9 Å². The highest BCUT2D eigenvalue weighted by atomic mass is 15.2. The number of aromatic nitrogens is 4. The Kier molecular flexibility index (Phi) is 7.13. The number of dihydropyridines is 1. The van der Waals surface area contributed by atoms with E-state index in [0.717, 1.165) is 50.5 Å². The number of allylic oxidation sites excluding steroid dienone is 2. The Balaban J connectivity index is 1.12. The normalized spacial score (nSPS) is 14.1. The van der Waals surface area contributed by atoms with E-state index in [-0.39, 0.29) is 6.04 Å². The smallest absolute Gasteiger partial charge is 0.111 e. The van der Waals surface area contributed by atoms with Gasteiger partial charge in [-0.3, -0.25) is 19.5 Å². The molecule has 0 amide bonds. The lowest BCUT2D eigenvalue weighted by Crippen LogP contribution is -2.24. The summed E-state index contributed by atoms with van der Waals surface area (Å²) in [7, 11) is 0. The summed E-state index contributed by atoms with van der Waals surface area (Å²) in [6.45, 7) is 0. The summed E-state index contributed by atoms with van der Waals surface area (Å²) in [5.41, 5.74) is 11.9. The van der Waals surface area contributed by atoms with Gasteiger partial charge in [-0.05, 0) is 88.0 Å². The van der Waals surface area contributed by atoms with E-state index >= 15 is 0 Å². The van der Waals surface area contributed by atoms with Crippen molar-refractivity contribution in [3.8, 4) is 44.6 Å². The van der Waals surface area contributed by atoms with Crippen LogP contribution in [-0.2, 0) is 0 Å². The number of para-hydroxylation sites is 1. The third kappa shape index (κ3) is 5.37. The lowest BCUT2D eigenvalue weighted by Gasteiger charge is -2.24. The van der Waals surface area contributed by atoms with E-state index in [2.05, 4.69) is 165 Å². The predicted octanol–water partition coefficient (Wildman–Crippen LogP) is 10.3. The fraction of sp³-hybridized carbons (Fsp3) is 0.0227. The van der Waals surface area contributed by atoms with Crippen molar-refractivity contribution in [2.24, 2.45) is 0 Å². The molecule has 0 bridgehead atoms. The minimum Gasteiger partial charge on any atom is -0.359 e. The standard InChI is InChI=1S/C44H31N5/c1-2-10-30(11-3-1)31-12-6-13-32(24-31)33-14-7-15-34(25-33)36-26-40(35-16-9-22-45-28-35)47-41(27-36)39-18-8-20-44(48-39)49-42-19-5-4-17-37(42)38-21-23-46-29-43(38)49/h1-29,39,48H. The number of pyridine rings is 3. The average molecular weight is 630 g/mol. The first kappa shape index (κ1) is 28.6. The summed E-state index contributed by atoms with van der Waals surface area (Å²) in [4.78, 5) is 14.1. The van der Waals surface area contributed by atoms with Gasteiger partial charge < -0.3 is 5.32 Å². The number of hydrogen-bond acceptors (Lipinski definition) is 4. The number of nitrogens with zero attached hydrogens (tertiary/aromatic N) is 4. The molecule has 0 aliphatic carbocycles. The van der Waals surface area contributed by atoms with E-state index in [1.807, 2.05) is 24.7 Å². The fourth-order valence-corrected chi connectivity index (χ4v) is 6.83. The van der Waals surface area contributed by atoms with Crippen LogP contribution in [0.5, 0.6) is 0 Å². The molecule has 0 spiro atoms. The van der Waals surface area contributed by atoms with Crippen molar-refractivity contribution >= 4 is 27.6 Å². The van der Waals surface area contributed by atoms with Crippen molar-refractivity contribution in [2.45, 2.75) is 6.04 Å². The average Bonchev–Trinajstić information content (AvgIpc) is 3.53. The van der Waals surface area contributed by atoms with Crippen molar-refractivity contribution < 1.29 is 0 Å². The molecule has 0 radical (unpaired) electrons. The Morgan fingerprint density at radius 3 is 1.98 bits per heavy atom. The molecule has 5 heteroatoms. The van der Waals surface area contributed by atoms with Crippen LogP contribution in [0.4, 0.5) is 0 Å². The van der Waals surface area contributed by atoms with Crippen molar-refractivity contribution in [2.75, 3.05) is 0 Å². The second-order valence-corrected chi connectivity index (χ2v) is 12.2. The monoisotopic (exact) mass is 629 g/mol. The molecule has 0 saturated carbocycles. The Morgan fingerprint density at radius 2 is 1.18 bits per heavy atom. The Bertz CT molecular complexity index is 2480. The zero-order valence-electron chi connectivity index (χ0n) is 26.6. The summed E-state index contributed by atoms with van der Waals surface area (Å²) in [5, 5.41) is 6.17. The van der Waals surface area contributed by atoms with Crippen molar-refractivity contribution in [3.63, 3.8) is 0 Å². The SMILES string of the molecule is C1=CC(c2cc(-c3cccc(-c4cccc(-c5ccccc5)c4)c3)cc(-c3cccnc3)n2)NC(n2c3ccccc3c3ccncc32)=C1. The van der Waals surface area contributed by atoms with Gasteiger partial charge in [-0.1, -0.05) is 97.1 Å². The largest absolute Gasteiger partial charge is 0.359 e. The molecule has 9 rings (SSSR count).